The van der Waals surface area contributed by atoms with Gasteiger partial charge in [0.1, 0.15) is 0 Å². The zero-order valence-corrected chi connectivity index (χ0v) is 14.2. The van der Waals surface area contributed by atoms with E-state index in [2.05, 4.69) is 33.6 Å². The first-order valence-corrected chi connectivity index (χ1v) is 8.74. The van der Waals surface area contributed by atoms with E-state index in [1.54, 1.807) is 6.92 Å². The Morgan fingerprint density at radius 1 is 1.26 bits per heavy atom. The molecule has 0 fully saturated rings. The van der Waals surface area contributed by atoms with E-state index >= 15 is 0 Å². The Bertz CT molecular complexity index is 765. The van der Waals surface area contributed by atoms with Crippen LogP contribution in [0.3, 0.4) is 0 Å². The van der Waals surface area contributed by atoms with Gasteiger partial charge in [-0.1, -0.05) is 41.6 Å². The van der Waals surface area contributed by atoms with Crippen LogP contribution in [0, 0.1) is 6.92 Å². The molecule has 6 nitrogen and oxygen atoms in total. The molecule has 23 heavy (non-hydrogen) atoms. The summed E-state index contributed by atoms with van der Waals surface area (Å²) in [6.07, 6.45) is 5.07. The van der Waals surface area contributed by atoms with E-state index < -0.39 is 0 Å². The molecule has 0 amide bonds. The van der Waals surface area contributed by atoms with Crippen molar-refractivity contribution in [1.29, 1.82) is 0 Å². The van der Waals surface area contributed by atoms with Gasteiger partial charge in [-0.25, -0.2) is 4.68 Å². The van der Waals surface area contributed by atoms with Gasteiger partial charge in [0.2, 0.25) is 11.7 Å². The lowest BCUT2D eigenvalue weighted by Crippen LogP contribution is -2.01. The summed E-state index contributed by atoms with van der Waals surface area (Å²) >= 11 is 1.84. The molecule has 3 rings (SSSR count). The van der Waals surface area contributed by atoms with Gasteiger partial charge in [-0.2, -0.15) is 16.7 Å². The molecule has 0 saturated carbocycles. The summed E-state index contributed by atoms with van der Waals surface area (Å²) < 4.78 is 6.87. The Balaban J connectivity index is 1.66. The number of thioether (sulfide) groups is 1. The summed E-state index contributed by atoms with van der Waals surface area (Å²) in [5, 5.41) is 12.9. The van der Waals surface area contributed by atoms with Crippen LogP contribution in [0.5, 0.6) is 0 Å². The molecular weight excluding hydrogens is 310 g/mol. The summed E-state index contributed by atoms with van der Waals surface area (Å²) in [6, 6.07) is 8.08. The second-order valence-corrected chi connectivity index (χ2v) is 6.77. The van der Waals surface area contributed by atoms with Crippen LogP contribution in [0.4, 0.5) is 0 Å². The van der Waals surface area contributed by atoms with E-state index in [0.717, 1.165) is 23.2 Å². The smallest absolute Gasteiger partial charge is 0.223 e. The number of hydrogen-bond donors (Lipinski definition) is 0. The maximum absolute atomic E-state index is 5.00. The van der Waals surface area contributed by atoms with E-state index in [4.69, 9.17) is 4.52 Å². The lowest BCUT2D eigenvalue weighted by Gasteiger charge is -2.03. The van der Waals surface area contributed by atoms with Crippen LogP contribution in [0.2, 0.25) is 0 Å². The molecule has 2 aromatic heterocycles. The third-order valence-electron chi connectivity index (χ3n) is 3.57. The van der Waals surface area contributed by atoms with Gasteiger partial charge < -0.3 is 4.52 Å². The Morgan fingerprint density at radius 3 is 2.70 bits per heavy atom. The van der Waals surface area contributed by atoms with Crippen molar-refractivity contribution in [3.8, 4) is 11.4 Å². The fourth-order valence-corrected chi connectivity index (χ4v) is 2.59. The van der Waals surface area contributed by atoms with Crippen molar-refractivity contribution in [3.05, 3.63) is 47.6 Å². The predicted octanol–water partition coefficient (Wildman–Crippen LogP) is 2.98. The molecule has 1 unspecified atom stereocenters. The quantitative estimate of drug-likeness (QED) is 0.692. The Labute approximate surface area is 139 Å². The van der Waals surface area contributed by atoms with Crippen molar-refractivity contribution < 1.29 is 4.52 Å². The first kappa shape index (κ1) is 15.7. The third kappa shape index (κ3) is 3.98. The van der Waals surface area contributed by atoms with Crippen LogP contribution in [-0.4, -0.2) is 36.6 Å². The van der Waals surface area contributed by atoms with Crippen LogP contribution >= 0.6 is 11.8 Å². The Morgan fingerprint density at radius 2 is 2.04 bits per heavy atom. The number of hydrogen-bond acceptors (Lipinski definition) is 6. The van der Waals surface area contributed by atoms with Gasteiger partial charge in [-0.05, 0) is 11.8 Å². The number of benzene rings is 1. The highest BCUT2D eigenvalue weighted by Crippen LogP contribution is 2.17. The highest BCUT2D eigenvalue weighted by molar-refractivity contribution is 7.99. The van der Waals surface area contributed by atoms with Crippen molar-refractivity contribution in [3.63, 3.8) is 0 Å². The fourth-order valence-electron chi connectivity index (χ4n) is 2.25. The van der Waals surface area contributed by atoms with Crippen LogP contribution in [0.1, 0.15) is 24.1 Å². The molecule has 1 aromatic carbocycles. The third-order valence-corrected chi connectivity index (χ3v) is 4.54. The van der Waals surface area contributed by atoms with E-state index in [0.29, 0.717) is 23.5 Å². The lowest BCUT2D eigenvalue weighted by atomic mass is 10.1. The maximum Gasteiger partial charge on any atom is 0.223 e. The molecule has 7 heteroatoms. The zero-order chi connectivity index (χ0) is 16.2. The van der Waals surface area contributed by atoms with E-state index in [9.17, 15) is 0 Å². The van der Waals surface area contributed by atoms with Crippen molar-refractivity contribution >= 4 is 11.8 Å². The molecule has 0 bridgehead atoms. The molecule has 0 radical (unpaired) electrons. The van der Waals surface area contributed by atoms with Crippen molar-refractivity contribution in [1.82, 2.24) is 25.1 Å². The second-order valence-electron chi connectivity index (χ2n) is 5.49. The number of aromatic nitrogens is 5. The molecule has 3 aromatic rings. The standard InChI is InChI=1S/C16H19N5OS/c1-11(23-3)8-15-10-21(20-18-15)9-13-4-6-14(7-5-13)16-17-12(2)22-19-16/h4-7,10-11H,8-9H2,1-3H3. The highest BCUT2D eigenvalue weighted by atomic mass is 32.2. The van der Waals surface area contributed by atoms with E-state index in [1.807, 2.05) is 46.9 Å². The van der Waals surface area contributed by atoms with Gasteiger partial charge in [0.05, 0.1) is 12.2 Å². The van der Waals surface area contributed by atoms with Crippen LogP contribution < -0.4 is 0 Å². The number of nitrogens with zero attached hydrogens (tertiary/aromatic N) is 5. The average molecular weight is 329 g/mol. The van der Waals surface area contributed by atoms with Gasteiger partial charge in [0.25, 0.3) is 0 Å². The molecular formula is C16H19N5OS. The summed E-state index contributed by atoms with van der Waals surface area (Å²) in [4.78, 5) is 4.23. The highest BCUT2D eigenvalue weighted by Gasteiger charge is 2.08. The van der Waals surface area contributed by atoms with Crippen LogP contribution in [-0.2, 0) is 13.0 Å². The Kier molecular flexibility index (Phi) is 4.76. The topological polar surface area (TPSA) is 69.6 Å². The molecule has 120 valence electrons. The summed E-state index contributed by atoms with van der Waals surface area (Å²) in [5.74, 6) is 1.18. The van der Waals surface area contributed by atoms with Crippen LogP contribution in [0.15, 0.2) is 35.0 Å². The van der Waals surface area contributed by atoms with Gasteiger partial charge in [0, 0.05) is 30.4 Å². The molecule has 0 aliphatic rings. The molecule has 1 atom stereocenters. The largest absolute Gasteiger partial charge is 0.339 e. The van der Waals surface area contributed by atoms with E-state index in [1.165, 1.54) is 0 Å². The predicted molar refractivity (Wildman–Crippen MR) is 90.3 cm³/mol. The maximum atomic E-state index is 5.00. The number of rotatable bonds is 6. The molecule has 0 N–H and O–H groups in total. The summed E-state index contributed by atoms with van der Waals surface area (Å²) in [5.41, 5.74) is 3.13. The van der Waals surface area contributed by atoms with Crippen molar-refractivity contribution in [2.75, 3.05) is 6.26 Å². The van der Waals surface area contributed by atoms with Gasteiger partial charge in [-0.3, -0.25) is 0 Å². The van der Waals surface area contributed by atoms with E-state index in [-0.39, 0.29) is 0 Å². The lowest BCUT2D eigenvalue weighted by molar-refractivity contribution is 0.394. The minimum absolute atomic E-state index is 0.554. The summed E-state index contributed by atoms with van der Waals surface area (Å²) in [7, 11) is 0. The van der Waals surface area contributed by atoms with Crippen molar-refractivity contribution in [2.24, 2.45) is 0 Å². The minimum Gasteiger partial charge on any atom is -0.339 e. The molecule has 0 saturated heterocycles. The van der Waals surface area contributed by atoms with Crippen molar-refractivity contribution in [2.45, 2.75) is 32.1 Å². The second kappa shape index (κ2) is 6.95. The Hall–Kier alpha value is -2.15. The van der Waals surface area contributed by atoms with Gasteiger partial charge in [0.15, 0.2) is 0 Å². The van der Waals surface area contributed by atoms with Gasteiger partial charge >= 0.3 is 0 Å². The van der Waals surface area contributed by atoms with Crippen LogP contribution in [0.25, 0.3) is 11.4 Å². The molecule has 0 spiro atoms. The first-order chi connectivity index (χ1) is 11.1. The zero-order valence-electron chi connectivity index (χ0n) is 13.4. The SMILES string of the molecule is CSC(C)Cc1cn(Cc2ccc(-c3noc(C)n3)cc2)nn1. The average Bonchev–Trinajstić information content (AvgIpc) is 3.17. The first-order valence-electron chi connectivity index (χ1n) is 7.45. The molecule has 0 aliphatic carbocycles. The normalized spacial score (nSPS) is 12.5. The molecule has 2 heterocycles. The summed E-state index contributed by atoms with van der Waals surface area (Å²) in [6.45, 7) is 4.68. The number of aryl methyl sites for hydroxylation is 1. The fraction of sp³-hybridized carbons (Fsp3) is 0.375. The molecule has 0 aliphatic heterocycles. The van der Waals surface area contributed by atoms with Gasteiger partial charge in [-0.15, -0.1) is 5.10 Å². The monoisotopic (exact) mass is 329 g/mol. The minimum atomic E-state index is 0.554.